The summed E-state index contributed by atoms with van der Waals surface area (Å²) in [6.07, 6.45) is 1.81. The number of benzene rings is 1. The predicted molar refractivity (Wildman–Crippen MR) is 108 cm³/mol. The van der Waals surface area contributed by atoms with Gasteiger partial charge in [-0.15, -0.1) is 0 Å². The first-order chi connectivity index (χ1) is 15.0. The van der Waals surface area contributed by atoms with E-state index in [-0.39, 0.29) is 25.4 Å². The molecule has 0 saturated heterocycles. The van der Waals surface area contributed by atoms with Crippen LogP contribution in [0.25, 0.3) is 22.3 Å². The van der Waals surface area contributed by atoms with Crippen LogP contribution in [-0.2, 0) is 41.1 Å². The highest BCUT2D eigenvalue weighted by molar-refractivity contribution is 5.96. The van der Waals surface area contributed by atoms with Gasteiger partial charge in [-0.25, -0.2) is 9.78 Å². The highest BCUT2D eigenvalue weighted by atomic mass is 16.7. The van der Waals surface area contributed by atoms with Crippen molar-refractivity contribution in [2.24, 2.45) is 0 Å². The van der Waals surface area contributed by atoms with Crippen LogP contribution in [0.4, 0.5) is 0 Å². The van der Waals surface area contributed by atoms with Crippen LogP contribution in [0.1, 0.15) is 41.2 Å². The number of rotatable bonds is 1. The van der Waals surface area contributed by atoms with Gasteiger partial charge in [-0.1, -0.05) is 6.92 Å². The van der Waals surface area contributed by atoms with Crippen LogP contribution in [0, 0.1) is 0 Å². The van der Waals surface area contributed by atoms with Crippen molar-refractivity contribution in [3.05, 3.63) is 50.3 Å². The van der Waals surface area contributed by atoms with Crippen LogP contribution in [0.2, 0.25) is 0 Å². The summed E-state index contributed by atoms with van der Waals surface area (Å²) in [5.74, 6) is 0.791. The molecular weight excluding hydrogens is 400 g/mol. The largest absolute Gasteiger partial charge is 0.458 e. The minimum Gasteiger partial charge on any atom is -0.458 e. The molecule has 3 aromatic rings. The molecule has 156 valence electrons. The lowest BCUT2D eigenvalue weighted by Gasteiger charge is -2.31. The zero-order valence-corrected chi connectivity index (χ0v) is 16.8. The molecule has 0 spiro atoms. The van der Waals surface area contributed by atoms with Crippen LogP contribution >= 0.6 is 0 Å². The van der Waals surface area contributed by atoms with Gasteiger partial charge in [-0.2, -0.15) is 0 Å². The fraction of sp³-hybridized carbons (Fsp3) is 0.348. The number of ether oxygens (including phenoxy) is 3. The fourth-order valence-corrected chi connectivity index (χ4v) is 5.56. The third-order valence-electron chi connectivity index (χ3n) is 7.15. The van der Waals surface area contributed by atoms with Gasteiger partial charge in [-0.05, 0) is 30.9 Å². The summed E-state index contributed by atoms with van der Waals surface area (Å²) in [5, 5.41) is 12.1. The van der Waals surface area contributed by atoms with Crippen molar-refractivity contribution in [1.29, 1.82) is 0 Å². The lowest BCUT2D eigenvalue weighted by atomic mass is 9.86. The van der Waals surface area contributed by atoms with Crippen molar-refractivity contribution in [2.45, 2.75) is 44.9 Å². The van der Waals surface area contributed by atoms with E-state index < -0.39 is 11.6 Å². The SMILES string of the molecule is CC[C@@]1(O)C(=O)OCc2c1cc1n(c2=O)Cc2c-1nc1cc3c(c4c1c2CC4)OCO3. The average molecular weight is 418 g/mol. The Bertz CT molecular complexity index is 1440. The molecule has 0 amide bonds. The Morgan fingerprint density at radius 2 is 1.94 bits per heavy atom. The van der Waals surface area contributed by atoms with E-state index in [2.05, 4.69) is 0 Å². The van der Waals surface area contributed by atoms with Gasteiger partial charge in [0, 0.05) is 28.1 Å². The lowest BCUT2D eigenvalue weighted by molar-refractivity contribution is -0.172. The van der Waals surface area contributed by atoms with E-state index in [4.69, 9.17) is 19.2 Å². The molecular formula is C23H18N2O6. The average Bonchev–Trinajstić information content (AvgIpc) is 3.49. The maximum atomic E-state index is 13.3. The van der Waals surface area contributed by atoms with Gasteiger partial charge in [0.05, 0.1) is 29.0 Å². The van der Waals surface area contributed by atoms with E-state index in [1.54, 1.807) is 17.6 Å². The normalized spacial score (nSPS) is 21.8. The van der Waals surface area contributed by atoms with E-state index >= 15 is 0 Å². The minimum absolute atomic E-state index is 0.123. The van der Waals surface area contributed by atoms with E-state index in [1.807, 2.05) is 6.07 Å². The van der Waals surface area contributed by atoms with Gasteiger partial charge < -0.3 is 23.9 Å². The number of pyridine rings is 2. The highest BCUT2D eigenvalue weighted by Gasteiger charge is 2.45. The van der Waals surface area contributed by atoms with Gasteiger partial charge in [0.2, 0.25) is 6.79 Å². The van der Waals surface area contributed by atoms with Crippen LogP contribution in [0.15, 0.2) is 16.9 Å². The monoisotopic (exact) mass is 418 g/mol. The van der Waals surface area contributed by atoms with Crippen molar-refractivity contribution in [3.63, 3.8) is 0 Å². The lowest BCUT2D eigenvalue weighted by Crippen LogP contribution is -2.44. The number of hydrogen-bond donors (Lipinski definition) is 1. The van der Waals surface area contributed by atoms with Gasteiger partial charge in [-0.3, -0.25) is 4.79 Å². The molecule has 3 aliphatic heterocycles. The number of aryl methyl sites for hydroxylation is 2. The van der Waals surface area contributed by atoms with Gasteiger partial charge in [0.1, 0.15) is 6.61 Å². The molecule has 4 aliphatic rings. The number of carbonyl (C=O) groups excluding carboxylic acids is 1. The molecule has 1 atom stereocenters. The first-order valence-corrected chi connectivity index (χ1v) is 10.5. The second-order valence-corrected chi connectivity index (χ2v) is 8.50. The van der Waals surface area contributed by atoms with Gasteiger partial charge >= 0.3 is 5.97 Å². The summed E-state index contributed by atoms with van der Waals surface area (Å²) >= 11 is 0. The van der Waals surface area contributed by atoms with E-state index in [1.165, 1.54) is 5.56 Å². The maximum absolute atomic E-state index is 13.3. The topological polar surface area (TPSA) is 99.9 Å². The Hall–Kier alpha value is -3.39. The Kier molecular flexibility index (Phi) is 3.04. The fourth-order valence-electron chi connectivity index (χ4n) is 5.56. The number of aliphatic hydroxyl groups is 1. The van der Waals surface area contributed by atoms with E-state index in [0.29, 0.717) is 29.1 Å². The Morgan fingerprint density at radius 3 is 2.77 bits per heavy atom. The minimum atomic E-state index is -1.82. The molecule has 5 heterocycles. The molecule has 8 nitrogen and oxygen atoms in total. The first-order valence-electron chi connectivity index (χ1n) is 10.5. The van der Waals surface area contributed by atoms with Crippen LogP contribution in [0.3, 0.4) is 0 Å². The quantitative estimate of drug-likeness (QED) is 0.471. The van der Waals surface area contributed by atoms with E-state index in [9.17, 15) is 14.7 Å². The third-order valence-corrected chi connectivity index (χ3v) is 7.15. The Morgan fingerprint density at radius 1 is 1.10 bits per heavy atom. The van der Waals surface area contributed by atoms with Crippen LogP contribution in [0.5, 0.6) is 11.5 Å². The van der Waals surface area contributed by atoms with Crippen molar-refractivity contribution < 1.29 is 24.1 Å². The molecule has 1 N–H and O–H groups in total. The summed E-state index contributed by atoms with van der Waals surface area (Å²) in [6.45, 7) is 2.20. The number of esters is 1. The molecule has 0 bridgehead atoms. The molecule has 1 aromatic carbocycles. The number of fused-ring (bicyclic) bond motifs is 7. The number of nitrogens with zero attached hydrogens (tertiary/aromatic N) is 2. The van der Waals surface area contributed by atoms with Crippen LogP contribution in [-0.4, -0.2) is 27.4 Å². The summed E-state index contributed by atoms with van der Waals surface area (Å²) < 4.78 is 18.1. The Balaban J connectivity index is 1.53. The zero-order chi connectivity index (χ0) is 21.1. The van der Waals surface area contributed by atoms with Gasteiger partial charge in [0.15, 0.2) is 17.1 Å². The summed E-state index contributed by atoms with van der Waals surface area (Å²) in [5.41, 5.74) is 4.11. The van der Waals surface area contributed by atoms with Crippen LogP contribution < -0.4 is 15.0 Å². The molecule has 1 aliphatic carbocycles. The van der Waals surface area contributed by atoms with Crippen molar-refractivity contribution in [2.75, 3.05) is 6.79 Å². The number of carbonyl (C=O) groups is 1. The summed E-state index contributed by atoms with van der Waals surface area (Å²) in [4.78, 5) is 30.6. The first kappa shape index (κ1) is 17.3. The van der Waals surface area contributed by atoms with Crippen molar-refractivity contribution in [1.82, 2.24) is 9.55 Å². The standard InChI is InChI=1S/C23H18N2O6/c1-2-23(28)14-5-16-19-12(7-25(16)21(26)13(14)8-29-22(23)27)10-3-4-11-18(10)15(24-19)6-17-20(11)31-9-30-17/h5-6,28H,2-4,7-9H2,1H3/t23-/m0/s1. The molecule has 0 saturated carbocycles. The smallest absolute Gasteiger partial charge is 0.343 e. The molecule has 0 radical (unpaired) electrons. The zero-order valence-electron chi connectivity index (χ0n) is 16.8. The number of cyclic esters (lactones) is 1. The number of hydrogen-bond acceptors (Lipinski definition) is 7. The summed E-state index contributed by atoms with van der Waals surface area (Å²) in [6, 6.07) is 3.65. The molecule has 31 heavy (non-hydrogen) atoms. The van der Waals surface area contributed by atoms with Gasteiger partial charge in [0.25, 0.3) is 5.56 Å². The molecule has 0 unspecified atom stereocenters. The molecule has 8 heteroatoms. The summed E-state index contributed by atoms with van der Waals surface area (Å²) in [7, 11) is 0. The highest BCUT2D eigenvalue weighted by Crippen LogP contribution is 2.48. The third kappa shape index (κ3) is 1.92. The second-order valence-electron chi connectivity index (χ2n) is 8.50. The number of aromatic nitrogens is 2. The second kappa shape index (κ2) is 5.45. The molecule has 2 aromatic heterocycles. The van der Waals surface area contributed by atoms with Crippen molar-refractivity contribution in [3.8, 4) is 22.9 Å². The van der Waals surface area contributed by atoms with E-state index in [0.717, 1.165) is 46.3 Å². The predicted octanol–water partition coefficient (Wildman–Crippen LogP) is 1.91. The molecule has 7 rings (SSSR count). The molecule has 0 fully saturated rings. The van der Waals surface area contributed by atoms with Crippen molar-refractivity contribution >= 4 is 16.9 Å². The maximum Gasteiger partial charge on any atom is 0.343 e. The Labute approximate surface area is 176 Å².